The fraction of sp³-hybridized carbons (Fsp3) is 0.600. The monoisotopic (exact) mass is 244 g/mol. The molecule has 0 aromatic carbocycles. The van der Waals surface area contributed by atoms with E-state index < -0.39 is 0 Å². The second kappa shape index (κ2) is 5.86. The molecule has 18 heavy (non-hydrogen) atoms. The number of hydrogen-bond acceptors (Lipinski definition) is 2. The molecule has 2 rings (SSSR count). The number of nitriles is 1. The lowest BCUT2D eigenvalue weighted by Crippen LogP contribution is -2.21. The van der Waals surface area contributed by atoms with Gasteiger partial charge in [-0.05, 0) is 31.9 Å². The Bertz CT molecular complexity index is 461. The molecule has 96 valence electrons. The quantitative estimate of drug-likeness (QED) is 0.762. The third-order valence-electron chi connectivity index (χ3n) is 3.88. The second-order valence-corrected chi connectivity index (χ2v) is 4.99. The van der Waals surface area contributed by atoms with Gasteiger partial charge in [0.15, 0.2) is 5.78 Å². The van der Waals surface area contributed by atoms with Crippen LogP contribution in [-0.2, 0) is 13.0 Å². The first-order valence-electron chi connectivity index (χ1n) is 6.87. The third-order valence-corrected chi connectivity index (χ3v) is 3.88. The van der Waals surface area contributed by atoms with Crippen LogP contribution >= 0.6 is 0 Å². The van der Waals surface area contributed by atoms with Crippen LogP contribution in [0, 0.1) is 17.2 Å². The van der Waals surface area contributed by atoms with Gasteiger partial charge in [-0.2, -0.15) is 5.26 Å². The molecule has 0 amide bonds. The Balaban J connectivity index is 2.21. The van der Waals surface area contributed by atoms with Gasteiger partial charge in [0.05, 0.1) is 18.2 Å². The van der Waals surface area contributed by atoms with Crippen molar-refractivity contribution in [2.75, 3.05) is 0 Å². The summed E-state index contributed by atoms with van der Waals surface area (Å²) >= 11 is 0. The van der Waals surface area contributed by atoms with Crippen LogP contribution in [-0.4, -0.2) is 10.4 Å². The largest absolute Gasteiger partial charge is 0.341 e. The van der Waals surface area contributed by atoms with Crippen molar-refractivity contribution in [3.8, 4) is 6.07 Å². The van der Waals surface area contributed by atoms with E-state index in [-0.39, 0.29) is 11.7 Å². The van der Waals surface area contributed by atoms with Gasteiger partial charge in [0.2, 0.25) is 0 Å². The number of Topliss-reactive ketones (excluding diaryl/α,β-unsaturated/α-hetero) is 1. The van der Waals surface area contributed by atoms with Crippen LogP contribution in [0.5, 0.6) is 0 Å². The van der Waals surface area contributed by atoms with E-state index in [1.165, 1.54) is 19.3 Å². The van der Waals surface area contributed by atoms with E-state index in [0.29, 0.717) is 6.42 Å². The van der Waals surface area contributed by atoms with Gasteiger partial charge in [0, 0.05) is 18.2 Å². The molecule has 0 aliphatic heterocycles. The highest BCUT2D eigenvalue weighted by Gasteiger charge is 2.25. The van der Waals surface area contributed by atoms with Crippen molar-refractivity contribution in [2.24, 2.45) is 5.92 Å². The number of hydrogen-bond donors (Lipinski definition) is 0. The standard InChI is InChI=1S/C15H20N2O/c1-2-17-13(10-11-16)8-9-14(17)15(18)12-6-4-3-5-7-12/h8-9,12H,2-7,10H2,1H3. The number of ketones is 1. The van der Waals surface area contributed by atoms with E-state index in [4.69, 9.17) is 5.26 Å². The Morgan fingerprint density at radius 1 is 1.39 bits per heavy atom. The molecule has 1 aromatic rings. The van der Waals surface area contributed by atoms with Crippen molar-refractivity contribution >= 4 is 5.78 Å². The first kappa shape index (κ1) is 12.9. The van der Waals surface area contributed by atoms with E-state index in [9.17, 15) is 4.79 Å². The van der Waals surface area contributed by atoms with E-state index in [1.54, 1.807) is 0 Å². The summed E-state index contributed by atoms with van der Waals surface area (Å²) in [5.41, 5.74) is 1.76. The number of carbonyl (C=O) groups excluding carboxylic acids is 1. The maximum atomic E-state index is 12.5. The Labute approximate surface area is 108 Å². The van der Waals surface area contributed by atoms with E-state index in [1.807, 2.05) is 23.6 Å². The van der Waals surface area contributed by atoms with E-state index in [2.05, 4.69) is 6.07 Å². The first-order valence-corrected chi connectivity index (χ1v) is 6.87. The lowest BCUT2D eigenvalue weighted by molar-refractivity contribution is 0.0879. The zero-order valence-corrected chi connectivity index (χ0v) is 11.0. The lowest BCUT2D eigenvalue weighted by atomic mass is 9.85. The Kier molecular flexibility index (Phi) is 4.19. The average Bonchev–Trinajstić information content (AvgIpc) is 2.82. The maximum Gasteiger partial charge on any atom is 0.182 e. The number of aromatic nitrogens is 1. The summed E-state index contributed by atoms with van der Waals surface area (Å²) in [6.45, 7) is 2.79. The normalized spacial score (nSPS) is 16.4. The molecule has 0 radical (unpaired) electrons. The Morgan fingerprint density at radius 2 is 2.11 bits per heavy atom. The topological polar surface area (TPSA) is 45.8 Å². The predicted octanol–water partition coefficient (Wildman–Crippen LogP) is 3.34. The lowest BCUT2D eigenvalue weighted by Gasteiger charge is -2.21. The zero-order valence-electron chi connectivity index (χ0n) is 11.0. The minimum atomic E-state index is 0.203. The number of nitrogens with zero attached hydrogens (tertiary/aromatic N) is 2. The molecule has 0 spiro atoms. The van der Waals surface area contributed by atoms with Crippen LogP contribution in [0.3, 0.4) is 0 Å². The van der Waals surface area contributed by atoms with Gasteiger partial charge < -0.3 is 4.57 Å². The van der Waals surface area contributed by atoms with Crippen molar-refractivity contribution in [3.63, 3.8) is 0 Å². The van der Waals surface area contributed by atoms with Crippen LogP contribution in [0.4, 0.5) is 0 Å². The summed E-state index contributed by atoms with van der Waals surface area (Å²) in [5.74, 6) is 0.481. The molecule has 0 N–H and O–H groups in total. The molecule has 0 atom stereocenters. The highest BCUT2D eigenvalue weighted by atomic mass is 16.1. The van der Waals surface area contributed by atoms with E-state index >= 15 is 0 Å². The molecule has 1 heterocycles. The van der Waals surface area contributed by atoms with Crippen molar-refractivity contribution in [2.45, 2.75) is 52.0 Å². The molecular weight excluding hydrogens is 224 g/mol. The van der Waals surface area contributed by atoms with Gasteiger partial charge in [-0.15, -0.1) is 0 Å². The fourth-order valence-electron chi connectivity index (χ4n) is 2.91. The van der Waals surface area contributed by atoms with Crippen LogP contribution in [0.2, 0.25) is 0 Å². The van der Waals surface area contributed by atoms with Crippen molar-refractivity contribution in [3.05, 3.63) is 23.5 Å². The molecule has 0 bridgehead atoms. The van der Waals surface area contributed by atoms with Gasteiger partial charge in [0.25, 0.3) is 0 Å². The summed E-state index contributed by atoms with van der Waals surface area (Å²) in [6, 6.07) is 5.97. The number of rotatable bonds is 4. The van der Waals surface area contributed by atoms with Crippen LogP contribution in [0.25, 0.3) is 0 Å². The summed E-state index contributed by atoms with van der Waals surface area (Å²) in [7, 11) is 0. The van der Waals surface area contributed by atoms with Gasteiger partial charge >= 0.3 is 0 Å². The molecule has 3 nitrogen and oxygen atoms in total. The maximum absolute atomic E-state index is 12.5. The van der Waals surface area contributed by atoms with Crippen molar-refractivity contribution in [1.29, 1.82) is 5.26 Å². The molecule has 0 saturated heterocycles. The first-order chi connectivity index (χ1) is 8.77. The Morgan fingerprint density at radius 3 is 2.72 bits per heavy atom. The Hall–Kier alpha value is -1.56. The highest BCUT2D eigenvalue weighted by Crippen LogP contribution is 2.27. The molecule has 1 fully saturated rings. The molecular formula is C15H20N2O. The molecule has 3 heteroatoms. The minimum absolute atomic E-state index is 0.203. The summed E-state index contributed by atoms with van der Waals surface area (Å²) in [4.78, 5) is 12.5. The van der Waals surface area contributed by atoms with Crippen molar-refractivity contribution < 1.29 is 4.79 Å². The zero-order chi connectivity index (χ0) is 13.0. The van der Waals surface area contributed by atoms with Crippen molar-refractivity contribution in [1.82, 2.24) is 4.57 Å². The van der Waals surface area contributed by atoms with Gasteiger partial charge in [0.1, 0.15) is 0 Å². The van der Waals surface area contributed by atoms with Crippen LogP contribution in [0.1, 0.15) is 55.2 Å². The molecule has 0 unspecified atom stereocenters. The summed E-state index contributed by atoms with van der Waals surface area (Å²) in [5, 5.41) is 8.79. The van der Waals surface area contributed by atoms with Gasteiger partial charge in [-0.1, -0.05) is 19.3 Å². The second-order valence-electron chi connectivity index (χ2n) is 4.99. The van der Waals surface area contributed by atoms with Crippen LogP contribution < -0.4 is 0 Å². The average molecular weight is 244 g/mol. The molecule has 1 saturated carbocycles. The highest BCUT2D eigenvalue weighted by molar-refractivity contribution is 5.96. The van der Waals surface area contributed by atoms with Gasteiger partial charge in [-0.3, -0.25) is 4.79 Å². The molecule has 1 aliphatic carbocycles. The fourth-order valence-corrected chi connectivity index (χ4v) is 2.91. The molecule has 1 aromatic heterocycles. The van der Waals surface area contributed by atoms with Crippen LogP contribution in [0.15, 0.2) is 12.1 Å². The van der Waals surface area contributed by atoms with E-state index in [0.717, 1.165) is 30.8 Å². The summed E-state index contributed by atoms with van der Waals surface area (Å²) in [6.07, 6.45) is 6.05. The SMILES string of the molecule is CCn1c(CC#N)ccc1C(=O)C1CCCCC1. The van der Waals surface area contributed by atoms with Gasteiger partial charge in [-0.25, -0.2) is 0 Å². The number of carbonyl (C=O) groups is 1. The smallest absolute Gasteiger partial charge is 0.182 e. The minimum Gasteiger partial charge on any atom is -0.341 e. The summed E-state index contributed by atoms with van der Waals surface area (Å²) < 4.78 is 2.00. The predicted molar refractivity (Wildman–Crippen MR) is 70.3 cm³/mol. The third kappa shape index (κ3) is 2.48. The molecule has 1 aliphatic rings.